The van der Waals surface area contributed by atoms with Crippen LogP contribution in [0.15, 0.2) is 41.3 Å². The van der Waals surface area contributed by atoms with Crippen molar-refractivity contribution in [3.8, 4) is 5.75 Å². The zero-order valence-corrected chi connectivity index (χ0v) is 13.4. The third-order valence-corrected chi connectivity index (χ3v) is 4.52. The molecule has 0 spiro atoms. The van der Waals surface area contributed by atoms with Crippen LogP contribution in [0.1, 0.15) is 5.56 Å². The van der Waals surface area contributed by atoms with Gasteiger partial charge in [0.05, 0.1) is 14.9 Å². The third-order valence-electron chi connectivity index (χ3n) is 2.56. The molecule has 0 aromatic heterocycles. The molecule has 0 aliphatic rings. The van der Waals surface area contributed by atoms with E-state index < -0.39 is 14.9 Å². The number of rotatable bonds is 4. The number of hydrogen-bond acceptors (Lipinski definition) is 3. The van der Waals surface area contributed by atoms with Crippen molar-refractivity contribution in [3.05, 3.63) is 57.8 Å². The van der Waals surface area contributed by atoms with Gasteiger partial charge in [-0.15, -0.1) is 0 Å². The van der Waals surface area contributed by atoms with Crippen molar-refractivity contribution in [2.24, 2.45) is 0 Å². The van der Waals surface area contributed by atoms with Crippen LogP contribution in [0.4, 0.5) is 4.39 Å². The summed E-state index contributed by atoms with van der Waals surface area (Å²) in [5.74, 6) is -0.288. The van der Waals surface area contributed by atoms with Crippen LogP contribution in [-0.4, -0.2) is 8.42 Å². The van der Waals surface area contributed by atoms with Gasteiger partial charge in [-0.3, -0.25) is 0 Å². The largest absolute Gasteiger partial charge is 0.487 e. The van der Waals surface area contributed by atoms with Crippen molar-refractivity contribution >= 4 is 42.9 Å². The fourth-order valence-corrected chi connectivity index (χ4v) is 2.74. The van der Waals surface area contributed by atoms with E-state index in [0.29, 0.717) is 5.56 Å². The molecule has 0 heterocycles. The summed E-state index contributed by atoms with van der Waals surface area (Å²) in [4.78, 5) is -0.126. The molecule has 0 saturated carbocycles. The number of halogens is 4. The van der Waals surface area contributed by atoms with Crippen LogP contribution in [-0.2, 0) is 15.7 Å². The minimum Gasteiger partial charge on any atom is -0.487 e. The lowest BCUT2D eigenvalue weighted by atomic mass is 10.2. The van der Waals surface area contributed by atoms with Crippen LogP contribution in [0.5, 0.6) is 5.75 Å². The Balaban J connectivity index is 2.15. The highest BCUT2D eigenvalue weighted by Crippen LogP contribution is 2.29. The lowest BCUT2D eigenvalue weighted by Gasteiger charge is -2.09. The average molecular weight is 370 g/mol. The molecule has 0 aliphatic carbocycles. The monoisotopic (exact) mass is 368 g/mol. The summed E-state index contributed by atoms with van der Waals surface area (Å²) in [6.45, 7) is 0.0563. The predicted octanol–water partition coefficient (Wildman–Crippen LogP) is 4.64. The van der Waals surface area contributed by atoms with Crippen molar-refractivity contribution in [3.63, 3.8) is 0 Å². The molecule has 0 radical (unpaired) electrons. The summed E-state index contributed by atoms with van der Waals surface area (Å²) < 4.78 is 41.0. The minimum absolute atomic E-state index is 0.0217. The quantitative estimate of drug-likeness (QED) is 0.737. The summed E-state index contributed by atoms with van der Waals surface area (Å²) in [5.41, 5.74) is 0.557. The fourth-order valence-electron chi connectivity index (χ4n) is 1.54. The molecule has 0 fully saturated rings. The fraction of sp³-hybridized carbons (Fsp3) is 0.0769. The van der Waals surface area contributed by atoms with Gasteiger partial charge in [0.2, 0.25) is 0 Å². The highest BCUT2D eigenvalue weighted by molar-refractivity contribution is 8.13. The van der Waals surface area contributed by atoms with E-state index in [4.69, 9.17) is 38.6 Å². The van der Waals surface area contributed by atoms with Gasteiger partial charge < -0.3 is 4.74 Å². The van der Waals surface area contributed by atoms with Crippen LogP contribution in [0, 0.1) is 5.82 Å². The van der Waals surface area contributed by atoms with E-state index in [1.165, 1.54) is 30.3 Å². The molecule has 3 nitrogen and oxygen atoms in total. The molecule has 0 saturated heterocycles. The van der Waals surface area contributed by atoms with Gasteiger partial charge in [0.15, 0.2) is 0 Å². The molecule has 8 heteroatoms. The van der Waals surface area contributed by atoms with E-state index in [0.717, 1.165) is 0 Å². The Morgan fingerprint density at radius 1 is 1.05 bits per heavy atom. The predicted molar refractivity (Wildman–Crippen MR) is 80.2 cm³/mol. The Labute approximate surface area is 135 Å². The first-order valence-electron chi connectivity index (χ1n) is 5.58. The highest BCUT2D eigenvalue weighted by atomic mass is 35.7. The topological polar surface area (TPSA) is 43.4 Å². The van der Waals surface area contributed by atoms with E-state index >= 15 is 0 Å². The van der Waals surface area contributed by atoms with Gasteiger partial charge >= 0.3 is 0 Å². The molecule has 112 valence electrons. The first-order valence-corrected chi connectivity index (χ1v) is 8.65. The SMILES string of the molecule is O=S(=O)(Cl)c1ccc(OCc2ccc(Cl)c(F)c2)c(Cl)c1. The molecular weight excluding hydrogens is 362 g/mol. The molecule has 0 amide bonds. The summed E-state index contributed by atoms with van der Waals surface area (Å²) >= 11 is 11.5. The Hall–Kier alpha value is -1.01. The number of hydrogen-bond donors (Lipinski definition) is 0. The van der Waals surface area contributed by atoms with Crippen molar-refractivity contribution in [2.45, 2.75) is 11.5 Å². The molecule has 0 atom stereocenters. The summed E-state index contributed by atoms with van der Waals surface area (Å²) in [5, 5.41) is 0.111. The lowest BCUT2D eigenvalue weighted by Crippen LogP contribution is -1.98. The van der Waals surface area contributed by atoms with Crippen molar-refractivity contribution < 1.29 is 17.5 Å². The Kier molecular flexibility index (Phi) is 4.99. The van der Waals surface area contributed by atoms with Crippen LogP contribution in [0.3, 0.4) is 0 Å². The standard InChI is InChI=1S/C13H8Cl3FO3S/c14-10-3-1-8(5-12(10)17)7-20-13-4-2-9(6-11(13)15)21(16,18)19/h1-6H,7H2. The third kappa shape index (κ3) is 4.23. The maximum atomic E-state index is 13.3. The Morgan fingerprint density at radius 2 is 1.76 bits per heavy atom. The normalized spacial score (nSPS) is 11.4. The van der Waals surface area contributed by atoms with Gasteiger partial charge in [0.1, 0.15) is 18.2 Å². The summed E-state index contributed by atoms with van der Waals surface area (Å²) in [6.07, 6.45) is 0. The lowest BCUT2D eigenvalue weighted by molar-refractivity contribution is 0.305. The van der Waals surface area contributed by atoms with Crippen LogP contribution >= 0.6 is 33.9 Å². The maximum absolute atomic E-state index is 13.3. The zero-order valence-electron chi connectivity index (χ0n) is 10.3. The van der Waals surface area contributed by atoms with E-state index in [1.54, 1.807) is 6.07 Å². The van der Waals surface area contributed by atoms with Crippen LogP contribution in [0.25, 0.3) is 0 Å². The number of benzene rings is 2. The van der Waals surface area contributed by atoms with Gasteiger partial charge in [-0.1, -0.05) is 29.3 Å². The minimum atomic E-state index is -3.85. The molecule has 2 aromatic carbocycles. The second-order valence-electron chi connectivity index (χ2n) is 4.07. The van der Waals surface area contributed by atoms with E-state index in [-0.39, 0.29) is 27.3 Å². The molecule has 21 heavy (non-hydrogen) atoms. The summed E-state index contributed by atoms with van der Waals surface area (Å²) in [6, 6.07) is 8.10. The zero-order chi connectivity index (χ0) is 15.6. The first-order chi connectivity index (χ1) is 9.77. The van der Waals surface area contributed by atoms with Crippen LogP contribution in [0.2, 0.25) is 10.0 Å². The molecular formula is C13H8Cl3FO3S. The van der Waals surface area contributed by atoms with E-state index in [9.17, 15) is 12.8 Å². The van der Waals surface area contributed by atoms with Gasteiger partial charge in [0.25, 0.3) is 9.05 Å². The molecule has 0 aliphatic heterocycles. The molecule has 0 N–H and O–H groups in total. The van der Waals surface area contributed by atoms with Gasteiger partial charge in [-0.05, 0) is 35.9 Å². The molecule has 0 bridgehead atoms. The molecule has 0 unspecified atom stereocenters. The molecule has 2 aromatic rings. The van der Waals surface area contributed by atoms with E-state index in [2.05, 4.69) is 0 Å². The first kappa shape index (κ1) is 16.4. The Morgan fingerprint density at radius 3 is 2.33 bits per heavy atom. The smallest absolute Gasteiger partial charge is 0.261 e. The van der Waals surface area contributed by atoms with Crippen molar-refractivity contribution in [1.82, 2.24) is 0 Å². The van der Waals surface area contributed by atoms with Crippen LogP contribution < -0.4 is 4.74 Å². The van der Waals surface area contributed by atoms with Gasteiger partial charge in [-0.25, -0.2) is 12.8 Å². The summed E-state index contributed by atoms with van der Waals surface area (Å²) in [7, 11) is 1.36. The Bertz CT molecular complexity index is 778. The number of ether oxygens (including phenoxy) is 1. The van der Waals surface area contributed by atoms with Gasteiger partial charge in [-0.2, -0.15) is 0 Å². The second-order valence-corrected chi connectivity index (χ2v) is 7.45. The van der Waals surface area contributed by atoms with E-state index in [1.807, 2.05) is 0 Å². The average Bonchev–Trinajstić information content (AvgIpc) is 2.40. The van der Waals surface area contributed by atoms with Crippen molar-refractivity contribution in [1.29, 1.82) is 0 Å². The highest BCUT2D eigenvalue weighted by Gasteiger charge is 2.13. The maximum Gasteiger partial charge on any atom is 0.261 e. The molecule has 2 rings (SSSR count). The van der Waals surface area contributed by atoms with Gasteiger partial charge in [0, 0.05) is 10.7 Å². The van der Waals surface area contributed by atoms with Crippen molar-refractivity contribution in [2.75, 3.05) is 0 Å². The second kappa shape index (κ2) is 6.40.